The first-order valence-electron chi connectivity index (χ1n) is 11.3. The summed E-state index contributed by atoms with van der Waals surface area (Å²) in [5.74, 6) is -1.78. The predicted molar refractivity (Wildman–Crippen MR) is 122 cm³/mol. The molecule has 2 aromatic carbocycles. The highest BCUT2D eigenvalue weighted by atomic mass is 16.5. The van der Waals surface area contributed by atoms with Gasteiger partial charge in [0.15, 0.2) is 11.5 Å². The summed E-state index contributed by atoms with van der Waals surface area (Å²) in [5, 5.41) is 16.5. The monoisotopic (exact) mass is 465 g/mol. The first kappa shape index (κ1) is 22.4. The molecule has 3 aliphatic heterocycles. The SMILES string of the molecule is COc1ccc(CCN2C(=O)[C@@H]3[C@H]([C@H](C)O)N[C@]4(C(=O)Nc5ccccc54)[C@@H]3C2=O)cc1OC. The third-order valence-corrected chi connectivity index (χ3v) is 7.24. The summed E-state index contributed by atoms with van der Waals surface area (Å²) in [4.78, 5) is 41.7. The Morgan fingerprint density at radius 3 is 2.50 bits per heavy atom. The number of likely N-dealkylation sites (tertiary alicyclic amines) is 1. The average molecular weight is 466 g/mol. The van der Waals surface area contributed by atoms with Crippen LogP contribution < -0.4 is 20.1 Å². The number of hydrogen-bond donors (Lipinski definition) is 3. The van der Waals surface area contributed by atoms with Gasteiger partial charge in [-0.3, -0.25) is 24.6 Å². The smallest absolute Gasteiger partial charge is 0.250 e. The number of benzene rings is 2. The molecule has 5 atom stereocenters. The second kappa shape index (κ2) is 8.11. The Morgan fingerprint density at radius 2 is 1.79 bits per heavy atom. The fourth-order valence-electron chi connectivity index (χ4n) is 5.66. The number of nitrogens with zero attached hydrogens (tertiary/aromatic N) is 1. The molecule has 1 spiro atoms. The van der Waals surface area contributed by atoms with E-state index < -0.39 is 35.4 Å². The van der Waals surface area contributed by atoms with Crippen molar-refractivity contribution in [1.29, 1.82) is 0 Å². The second-order valence-corrected chi connectivity index (χ2v) is 8.99. The van der Waals surface area contributed by atoms with Gasteiger partial charge in [-0.15, -0.1) is 0 Å². The third-order valence-electron chi connectivity index (χ3n) is 7.24. The molecular formula is C25H27N3O6. The maximum absolute atomic E-state index is 13.7. The molecule has 0 bridgehead atoms. The lowest BCUT2D eigenvalue weighted by Gasteiger charge is -2.30. The van der Waals surface area contributed by atoms with Crippen LogP contribution in [0.3, 0.4) is 0 Å². The molecule has 0 aromatic heterocycles. The number of imide groups is 1. The molecule has 3 aliphatic rings. The first-order chi connectivity index (χ1) is 16.3. The van der Waals surface area contributed by atoms with E-state index in [1.807, 2.05) is 12.1 Å². The van der Waals surface area contributed by atoms with E-state index in [4.69, 9.17) is 9.47 Å². The van der Waals surface area contributed by atoms with Gasteiger partial charge in [0.05, 0.1) is 32.2 Å². The molecule has 2 fully saturated rings. The van der Waals surface area contributed by atoms with Gasteiger partial charge in [0.1, 0.15) is 5.54 Å². The van der Waals surface area contributed by atoms with Gasteiger partial charge >= 0.3 is 0 Å². The van der Waals surface area contributed by atoms with Gasteiger partial charge in [0, 0.05) is 23.8 Å². The topological polar surface area (TPSA) is 117 Å². The Bertz CT molecular complexity index is 1180. The van der Waals surface area contributed by atoms with Crippen LogP contribution in [-0.2, 0) is 26.3 Å². The molecule has 9 nitrogen and oxygen atoms in total. The molecule has 34 heavy (non-hydrogen) atoms. The van der Waals surface area contributed by atoms with Gasteiger partial charge < -0.3 is 19.9 Å². The lowest BCUT2D eigenvalue weighted by molar-refractivity contribution is -0.143. The molecule has 2 saturated heterocycles. The van der Waals surface area contributed by atoms with Gasteiger partial charge in [0.25, 0.3) is 0 Å². The van der Waals surface area contributed by atoms with E-state index in [-0.39, 0.29) is 18.4 Å². The van der Waals surface area contributed by atoms with E-state index in [0.717, 1.165) is 5.56 Å². The van der Waals surface area contributed by atoms with E-state index in [1.54, 1.807) is 51.5 Å². The van der Waals surface area contributed by atoms with Crippen LogP contribution in [0.5, 0.6) is 11.5 Å². The summed E-state index contributed by atoms with van der Waals surface area (Å²) in [6, 6.07) is 11.9. The van der Waals surface area contributed by atoms with E-state index >= 15 is 0 Å². The van der Waals surface area contributed by atoms with Crippen molar-refractivity contribution in [3.8, 4) is 11.5 Å². The van der Waals surface area contributed by atoms with Gasteiger partial charge in [-0.1, -0.05) is 24.3 Å². The van der Waals surface area contributed by atoms with Crippen LogP contribution in [0.15, 0.2) is 42.5 Å². The quantitative estimate of drug-likeness (QED) is 0.546. The standard InChI is InChI=1S/C25H27N3O6/c1-13(29)21-19-20(25(27-21)15-6-4-5-7-16(15)26-24(25)32)23(31)28(22(19)30)11-10-14-8-9-17(33-2)18(12-14)34-3/h4-9,12-13,19-21,27,29H,10-11H2,1-3H3,(H,26,32)/t13-,19-,20-,21-,25-/m0/s1. The van der Waals surface area contributed by atoms with Crippen molar-refractivity contribution in [2.45, 2.75) is 31.0 Å². The number of methoxy groups -OCH3 is 2. The lowest BCUT2D eigenvalue weighted by atomic mass is 9.76. The Hall–Kier alpha value is -3.43. The highest BCUT2D eigenvalue weighted by Gasteiger charge is 2.70. The molecule has 0 saturated carbocycles. The molecule has 3 amide bonds. The van der Waals surface area contributed by atoms with Gasteiger partial charge in [-0.2, -0.15) is 0 Å². The van der Waals surface area contributed by atoms with Crippen molar-refractivity contribution in [1.82, 2.24) is 10.2 Å². The number of carbonyl (C=O) groups excluding carboxylic acids is 3. The minimum Gasteiger partial charge on any atom is -0.493 e. The third kappa shape index (κ3) is 3.04. The summed E-state index contributed by atoms with van der Waals surface area (Å²) in [6.45, 7) is 1.72. The molecule has 3 N–H and O–H groups in total. The molecule has 9 heteroatoms. The molecule has 2 aromatic rings. The van der Waals surface area contributed by atoms with Crippen molar-refractivity contribution in [2.24, 2.45) is 11.8 Å². The zero-order chi connectivity index (χ0) is 24.2. The molecule has 0 radical (unpaired) electrons. The molecule has 5 rings (SSSR count). The summed E-state index contributed by atoms with van der Waals surface area (Å²) >= 11 is 0. The lowest BCUT2D eigenvalue weighted by Crippen LogP contribution is -2.54. The van der Waals surface area contributed by atoms with E-state index in [2.05, 4.69) is 10.6 Å². The number of nitrogens with one attached hydrogen (secondary N) is 2. The number of fused-ring (bicyclic) bond motifs is 4. The summed E-state index contributed by atoms with van der Waals surface area (Å²) in [7, 11) is 3.10. The second-order valence-electron chi connectivity index (χ2n) is 8.99. The highest BCUT2D eigenvalue weighted by Crippen LogP contribution is 2.53. The Morgan fingerprint density at radius 1 is 1.06 bits per heavy atom. The van der Waals surface area contributed by atoms with Crippen molar-refractivity contribution < 1.29 is 29.0 Å². The maximum Gasteiger partial charge on any atom is 0.250 e. The molecule has 3 heterocycles. The number of amides is 3. The highest BCUT2D eigenvalue weighted by molar-refractivity contribution is 6.15. The van der Waals surface area contributed by atoms with Crippen LogP contribution in [-0.4, -0.2) is 60.6 Å². The van der Waals surface area contributed by atoms with E-state index in [1.165, 1.54) is 4.90 Å². The number of ether oxygens (including phenoxy) is 2. The number of aliphatic hydroxyl groups is 1. The fraction of sp³-hybridized carbons (Fsp3) is 0.400. The maximum atomic E-state index is 13.7. The van der Waals surface area contributed by atoms with Gasteiger partial charge in [-0.25, -0.2) is 0 Å². The van der Waals surface area contributed by atoms with Crippen LogP contribution in [0, 0.1) is 11.8 Å². The van der Waals surface area contributed by atoms with E-state index in [0.29, 0.717) is 29.2 Å². The first-order valence-corrected chi connectivity index (χ1v) is 11.3. The van der Waals surface area contributed by atoms with Crippen molar-refractivity contribution in [2.75, 3.05) is 26.1 Å². The fourth-order valence-corrected chi connectivity index (χ4v) is 5.66. The zero-order valence-electron chi connectivity index (χ0n) is 19.2. The van der Waals surface area contributed by atoms with Crippen molar-refractivity contribution in [3.05, 3.63) is 53.6 Å². The predicted octanol–water partition coefficient (Wildman–Crippen LogP) is 1.05. The van der Waals surface area contributed by atoms with Gasteiger partial charge in [0.2, 0.25) is 17.7 Å². The molecule has 178 valence electrons. The Labute approximate surface area is 197 Å². The number of carbonyl (C=O) groups is 3. The Kier molecular flexibility index (Phi) is 5.33. The zero-order valence-corrected chi connectivity index (χ0v) is 19.2. The number of aliphatic hydroxyl groups excluding tert-OH is 1. The van der Waals surface area contributed by atoms with Crippen LogP contribution in [0.2, 0.25) is 0 Å². The average Bonchev–Trinajstić information content (AvgIpc) is 3.42. The van der Waals surface area contributed by atoms with Crippen LogP contribution in [0.1, 0.15) is 18.1 Å². The largest absolute Gasteiger partial charge is 0.493 e. The number of para-hydroxylation sites is 1. The summed E-state index contributed by atoms with van der Waals surface area (Å²) in [5.41, 5.74) is 0.711. The number of anilines is 1. The molecule has 0 aliphatic carbocycles. The molecular weight excluding hydrogens is 438 g/mol. The minimum atomic E-state index is -1.40. The number of rotatable bonds is 6. The Balaban J connectivity index is 1.47. The summed E-state index contributed by atoms with van der Waals surface area (Å²) < 4.78 is 10.6. The van der Waals surface area contributed by atoms with Gasteiger partial charge in [-0.05, 0) is 37.1 Å². The summed E-state index contributed by atoms with van der Waals surface area (Å²) in [6.07, 6.45) is -0.519. The van der Waals surface area contributed by atoms with Crippen LogP contribution in [0.25, 0.3) is 0 Å². The van der Waals surface area contributed by atoms with Crippen LogP contribution >= 0.6 is 0 Å². The number of hydrogen-bond acceptors (Lipinski definition) is 7. The normalized spacial score (nSPS) is 28.2. The van der Waals surface area contributed by atoms with Crippen molar-refractivity contribution in [3.63, 3.8) is 0 Å². The minimum absolute atomic E-state index is 0.159. The van der Waals surface area contributed by atoms with Crippen LogP contribution in [0.4, 0.5) is 5.69 Å². The molecule has 0 unspecified atom stereocenters. The van der Waals surface area contributed by atoms with E-state index in [9.17, 15) is 19.5 Å². The van der Waals surface area contributed by atoms with Crippen molar-refractivity contribution >= 4 is 23.4 Å².